The quantitative estimate of drug-likeness (QED) is 0.639. The van der Waals surface area contributed by atoms with Gasteiger partial charge in [-0.1, -0.05) is 0 Å². The summed E-state index contributed by atoms with van der Waals surface area (Å²) in [7, 11) is 0. The van der Waals surface area contributed by atoms with Crippen molar-refractivity contribution in [1.29, 1.82) is 0 Å². The summed E-state index contributed by atoms with van der Waals surface area (Å²) in [6.07, 6.45) is 5.57. The predicted octanol–water partition coefficient (Wildman–Crippen LogP) is 1.17. The standard InChI is InChI=1S/C11H18O2/c12-6-7-3-9-8-1-2-11(13,5-8)10(9)4-7/h7-10,12-13H,1-6H2/t7-,8?,9?,10?,11?/m0/s1. The number of aliphatic hydroxyl groups is 2. The summed E-state index contributed by atoms with van der Waals surface area (Å²) in [5.74, 6) is 2.55. The highest BCUT2D eigenvalue weighted by Gasteiger charge is 2.59. The van der Waals surface area contributed by atoms with Crippen LogP contribution in [0.15, 0.2) is 0 Å². The van der Waals surface area contributed by atoms with E-state index in [1.807, 2.05) is 0 Å². The topological polar surface area (TPSA) is 40.5 Å². The van der Waals surface area contributed by atoms with Gasteiger partial charge in [0.1, 0.15) is 0 Å². The molecule has 0 heterocycles. The van der Waals surface area contributed by atoms with Crippen molar-refractivity contribution in [2.45, 2.75) is 37.7 Å². The third-order valence-corrected chi connectivity index (χ3v) is 4.83. The Labute approximate surface area is 79.0 Å². The second-order valence-corrected chi connectivity index (χ2v) is 5.40. The van der Waals surface area contributed by atoms with Gasteiger partial charge >= 0.3 is 0 Å². The van der Waals surface area contributed by atoms with Crippen molar-refractivity contribution in [2.75, 3.05) is 6.61 Å². The van der Waals surface area contributed by atoms with Gasteiger partial charge < -0.3 is 10.2 Å². The van der Waals surface area contributed by atoms with Crippen molar-refractivity contribution in [2.24, 2.45) is 23.7 Å². The van der Waals surface area contributed by atoms with Crippen molar-refractivity contribution in [3.05, 3.63) is 0 Å². The second-order valence-electron chi connectivity index (χ2n) is 5.40. The van der Waals surface area contributed by atoms with Gasteiger partial charge in [-0.05, 0) is 55.8 Å². The van der Waals surface area contributed by atoms with Crippen LogP contribution in [-0.4, -0.2) is 22.4 Å². The first kappa shape index (κ1) is 8.25. The molecule has 0 aromatic heterocycles. The highest BCUT2D eigenvalue weighted by molar-refractivity contribution is 5.10. The molecular weight excluding hydrogens is 164 g/mol. The van der Waals surface area contributed by atoms with E-state index in [0.717, 1.165) is 31.1 Å². The van der Waals surface area contributed by atoms with Crippen LogP contribution in [0.25, 0.3) is 0 Å². The first-order valence-corrected chi connectivity index (χ1v) is 5.56. The molecule has 2 nitrogen and oxygen atoms in total. The van der Waals surface area contributed by atoms with Gasteiger partial charge in [0.25, 0.3) is 0 Å². The van der Waals surface area contributed by atoms with Crippen LogP contribution < -0.4 is 0 Å². The zero-order chi connectivity index (χ0) is 9.05. The molecule has 0 aliphatic heterocycles. The zero-order valence-electron chi connectivity index (χ0n) is 7.95. The lowest BCUT2D eigenvalue weighted by atomic mass is 9.79. The molecule has 3 rings (SSSR count). The zero-order valence-corrected chi connectivity index (χ0v) is 7.95. The molecule has 2 bridgehead atoms. The first-order valence-electron chi connectivity index (χ1n) is 5.56. The lowest BCUT2D eigenvalue weighted by molar-refractivity contribution is -0.00836. The maximum Gasteiger partial charge on any atom is 0.0681 e. The smallest absolute Gasteiger partial charge is 0.0681 e. The maximum atomic E-state index is 10.3. The van der Waals surface area contributed by atoms with Gasteiger partial charge in [0.05, 0.1) is 5.60 Å². The van der Waals surface area contributed by atoms with E-state index >= 15 is 0 Å². The van der Waals surface area contributed by atoms with E-state index in [0.29, 0.717) is 18.4 Å². The molecule has 3 aliphatic rings. The summed E-state index contributed by atoms with van der Waals surface area (Å²) in [5, 5.41) is 19.5. The average Bonchev–Trinajstić information content (AvgIpc) is 2.71. The van der Waals surface area contributed by atoms with Crippen molar-refractivity contribution < 1.29 is 10.2 Å². The van der Waals surface area contributed by atoms with Crippen LogP contribution >= 0.6 is 0 Å². The van der Waals surface area contributed by atoms with Crippen molar-refractivity contribution in [1.82, 2.24) is 0 Å². The van der Waals surface area contributed by atoms with Gasteiger partial charge in [0.15, 0.2) is 0 Å². The van der Waals surface area contributed by atoms with Crippen LogP contribution in [0.2, 0.25) is 0 Å². The lowest BCUT2D eigenvalue weighted by Gasteiger charge is -2.30. The third kappa shape index (κ3) is 0.962. The number of hydrogen-bond acceptors (Lipinski definition) is 2. The molecule has 13 heavy (non-hydrogen) atoms. The maximum absolute atomic E-state index is 10.3. The molecule has 0 spiro atoms. The van der Waals surface area contributed by atoms with Gasteiger partial charge in [0.2, 0.25) is 0 Å². The lowest BCUT2D eigenvalue weighted by Crippen LogP contribution is -2.33. The Hall–Kier alpha value is -0.0800. The van der Waals surface area contributed by atoms with E-state index in [1.54, 1.807) is 0 Å². The molecule has 0 amide bonds. The molecule has 3 aliphatic carbocycles. The molecule has 2 N–H and O–H groups in total. The minimum Gasteiger partial charge on any atom is -0.396 e. The largest absolute Gasteiger partial charge is 0.396 e. The van der Waals surface area contributed by atoms with Crippen LogP contribution in [0.4, 0.5) is 0 Å². The van der Waals surface area contributed by atoms with Gasteiger partial charge in [-0.25, -0.2) is 0 Å². The molecule has 0 saturated heterocycles. The second kappa shape index (κ2) is 2.48. The van der Waals surface area contributed by atoms with Crippen molar-refractivity contribution >= 4 is 0 Å². The molecule has 5 atom stereocenters. The first-order chi connectivity index (χ1) is 6.23. The van der Waals surface area contributed by atoms with E-state index in [4.69, 9.17) is 5.11 Å². The van der Waals surface area contributed by atoms with E-state index in [2.05, 4.69) is 0 Å². The molecule has 3 saturated carbocycles. The Morgan fingerprint density at radius 2 is 2.15 bits per heavy atom. The monoisotopic (exact) mass is 182 g/mol. The fraction of sp³-hybridized carbons (Fsp3) is 1.00. The van der Waals surface area contributed by atoms with E-state index < -0.39 is 0 Å². The minimum absolute atomic E-state index is 0.320. The summed E-state index contributed by atoms with van der Waals surface area (Å²) in [4.78, 5) is 0. The van der Waals surface area contributed by atoms with Crippen molar-refractivity contribution in [3.63, 3.8) is 0 Å². The average molecular weight is 182 g/mol. The summed E-state index contributed by atoms with van der Waals surface area (Å²) >= 11 is 0. The molecule has 2 heteroatoms. The number of rotatable bonds is 1. The van der Waals surface area contributed by atoms with Crippen LogP contribution in [0.3, 0.4) is 0 Å². The van der Waals surface area contributed by atoms with Gasteiger partial charge in [-0.3, -0.25) is 0 Å². The van der Waals surface area contributed by atoms with Crippen LogP contribution in [0.1, 0.15) is 32.1 Å². The normalized spacial score (nSPS) is 58.6. The Morgan fingerprint density at radius 3 is 2.85 bits per heavy atom. The number of aliphatic hydroxyl groups excluding tert-OH is 1. The summed E-state index contributed by atoms with van der Waals surface area (Å²) < 4.78 is 0. The summed E-state index contributed by atoms with van der Waals surface area (Å²) in [6, 6.07) is 0. The molecule has 74 valence electrons. The Kier molecular flexibility index (Phi) is 1.58. The SMILES string of the molecule is OC[C@H]1CC2C3CCC(O)(C3)C2C1. The number of fused-ring (bicyclic) bond motifs is 5. The highest BCUT2D eigenvalue weighted by atomic mass is 16.3. The highest BCUT2D eigenvalue weighted by Crippen LogP contribution is 2.61. The van der Waals surface area contributed by atoms with Crippen LogP contribution in [-0.2, 0) is 0 Å². The minimum atomic E-state index is -0.320. The molecule has 4 unspecified atom stereocenters. The van der Waals surface area contributed by atoms with Crippen LogP contribution in [0, 0.1) is 23.7 Å². The molecular formula is C11H18O2. The van der Waals surface area contributed by atoms with Crippen molar-refractivity contribution in [3.8, 4) is 0 Å². The number of hydrogen-bond donors (Lipinski definition) is 2. The Bertz CT molecular complexity index is 228. The van der Waals surface area contributed by atoms with Gasteiger partial charge in [0, 0.05) is 6.61 Å². The summed E-state index contributed by atoms with van der Waals surface area (Å²) in [5.41, 5.74) is -0.320. The third-order valence-electron chi connectivity index (χ3n) is 4.83. The molecule has 0 aromatic carbocycles. The van der Waals surface area contributed by atoms with Gasteiger partial charge in [-0.15, -0.1) is 0 Å². The Balaban J connectivity index is 1.85. The fourth-order valence-corrected chi connectivity index (χ4v) is 4.26. The molecule has 3 fully saturated rings. The molecule has 0 radical (unpaired) electrons. The van der Waals surface area contributed by atoms with E-state index in [-0.39, 0.29) is 5.60 Å². The van der Waals surface area contributed by atoms with Crippen LogP contribution in [0.5, 0.6) is 0 Å². The van der Waals surface area contributed by atoms with Gasteiger partial charge in [-0.2, -0.15) is 0 Å². The summed E-state index contributed by atoms with van der Waals surface area (Å²) in [6.45, 7) is 0.329. The van der Waals surface area contributed by atoms with E-state index in [9.17, 15) is 5.11 Å². The predicted molar refractivity (Wildman–Crippen MR) is 49.1 cm³/mol. The molecule has 0 aromatic rings. The Morgan fingerprint density at radius 1 is 1.31 bits per heavy atom. The van der Waals surface area contributed by atoms with E-state index in [1.165, 1.54) is 12.8 Å². The fourth-order valence-electron chi connectivity index (χ4n) is 4.26.